The Morgan fingerprint density at radius 2 is 1.70 bits per heavy atom. The van der Waals surface area contributed by atoms with Gasteiger partial charge in [-0.1, -0.05) is 0 Å². The van der Waals surface area contributed by atoms with Gasteiger partial charge in [-0.15, -0.1) is 0 Å². The Morgan fingerprint density at radius 3 is 2.15 bits per heavy atom. The first-order chi connectivity index (χ1) is 9.31. The van der Waals surface area contributed by atoms with Crippen LogP contribution in [0.15, 0.2) is 0 Å². The van der Waals surface area contributed by atoms with E-state index in [0.29, 0.717) is 0 Å². The number of esters is 2. The number of carbonyl (C=O) groups excluding carboxylic acids is 3. The fourth-order valence-corrected chi connectivity index (χ4v) is 1.21. The number of ether oxygens (including phenoxy) is 2. The molecule has 0 fully saturated rings. The van der Waals surface area contributed by atoms with Crippen LogP contribution >= 0.6 is 0 Å². The summed E-state index contributed by atoms with van der Waals surface area (Å²) in [5, 5.41) is 11.1. The molecule has 0 aromatic heterocycles. The van der Waals surface area contributed by atoms with E-state index in [4.69, 9.17) is 5.11 Å². The average Bonchev–Trinajstić information content (AvgIpc) is 2.41. The Hall–Kier alpha value is -2.32. The Balaban J connectivity index is 4.43. The van der Waals surface area contributed by atoms with Gasteiger partial charge in [-0.05, 0) is 6.42 Å². The maximum absolute atomic E-state index is 11.7. The topological polar surface area (TPSA) is 122 Å². The van der Waals surface area contributed by atoms with Gasteiger partial charge in [0.25, 0.3) is 0 Å². The Morgan fingerprint density at radius 1 is 1.15 bits per heavy atom. The summed E-state index contributed by atoms with van der Waals surface area (Å²) in [7, 11) is 3.66. The molecule has 114 valence electrons. The molecule has 0 aromatic carbocycles. The summed E-state index contributed by atoms with van der Waals surface area (Å²) in [5.74, 6) is -2.49. The number of nitrogens with zero attached hydrogens (tertiary/aromatic N) is 1. The number of urea groups is 1. The first-order valence-corrected chi connectivity index (χ1v) is 5.69. The maximum Gasteiger partial charge on any atom is 0.326 e. The van der Waals surface area contributed by atoms with Gasteiger partial charge in [0.1, 0.15) is 12.6 Å². The molecule has 0 saturated heterocycles. The minimum atomic E-state index is -1.28. The first-order valence-electron chi connectivity index (χ1n) is 5.69. The fraction of sp³-hybridized carbons (Fsp3) is 0.636. The summed E-state index contributed by atoms with van der Waals surface area (Å²) in [6.45, 7) is -0.314. The van der Waals surface area contributed by atoms with Crippen LogP contribution in [0.2, 0.25) is 0 Å². The highest BCUT2D eigenvalue weighted by molar-refractivity contribution is 5.85. The molecule has 0 aliphatic carbocycles. The molecule has 0 saturated carbocycles. The predicted octanol–water partition coefficient (Wildman–Crippen LogP) is -0.793. The lowest BCUT2D eigenvalue weighted by molar-refractivity contribution is -0.142. The molecule has 2 amide bonds. The van der Waals surface area contributed by atoms with Crippen molar-refractivity contribution in [2.45, 2.75) is 18.9 Å². The molecular formula is C11H18N2O7. The van der Waals surface area contributed by atoms with E-state index in [0.717, 1.165) is 4.90 Å². The van der Waals surface area contributed by atoms with Crippen molar-refractivity contribution in [2.75, 3.05) is 27.8 Å². The monoisotopic (exact) mass is 290 g/mol. The van der Waals surface area contributed by atoms with Crippen LogP contribution in [0.25, 0.3) is 0 Å². The third kappa shape index (κ3) is 6.57. The second kappa shape index (κ2) is 8.73. The molecule has 20 heavy (non-hydrogen) atoms. The van der Waals surface area contributed by atoms with E-state index in [-0.39, 0.29) is 19.4 Å². The van der Waals surface area contributed by atoms with Crippen LogP contribution in [0.5, 0.6) is 0 Å². The number of hydrogen-bond donors (Lipinski definition) is 2. The van der Waals surface area contributed by atoms with E-state index in [1.165, 1.54) is 21.3 Å². The quantitative estimate of drug-likeness (QED) is 0.589. The van der Waals surface area contributed by atoms with Gasteiger partial charge in [-0.2, -0.15) is 0 Å². The van der Waals surface area contributed by atoms with Gasteiger partial charge in [0.15, 0.2) is 0 Å². The van der Waals surface area contributed by atoms with Crippen molar-refractivity contribution in [3.05, 3.63) is 0 Å². The van der Waals surface area contributed by atoms with Crippen molar-refractivity contribution in [1.29, 1.82) is 0 Å². The molecule has 0 heterocycles. The van der Waals surface area contributed by atoms with E-state index in [9.17, 15) is 19.2 Å². The molecule has 0 rings (SSSR count). The number of amides is 2. The van der Waals surface area contributed by atoms with Crippen LogP contribution in [-0.2, 0) is 23.9 Å². The zero-order valence-electron chi connectivity index (χ0n) is 11.5. The van der Waals surface area contributed by atoms with Crippen LogP contribution in [0, 0.1) is 0 Å². The van der Waals surface area contributed by atoms with Crippen LogP contribution in [-0.4, -0.2) is 67.8 Å². The van der Waals surface area contributed by atoms with E-state index in [2.05, 4.69) is 14.8 Å². The highest BCUT2D eigenvalue weighted by Gasteiger charge is 2.23. The normalized spacial score (nSPS) is 11.2. The van der Waals surface area contributed by atoms with Gasteiger partial charge >= 0.3 is 23.9 Å². The number of carboxylic acids is 1. The second-order valence-corrected chi connectivity index (χ2v) is 3.89. The molecule has 0 unspecified atom stereocenters. The molecule has 9 nitrogen and oxygen atoms in total. The van der Waals surface area contributed by atoms with Gasteiger partial charge in [0, 0.05) is 13.5 Å². The maximum atomic E-state index is 11.7. The molecule has 9 heteroatoms. The van der Waals surface area contributed by atoms with Crippen LogP contribution < -0.4 is 5.32 Å². The number of aliphatic carboxylic acids is 1. The Bertz CT molecular complexity index is 383. The minimum absolute atomic E-state index is 0.111. The molecular weight excluding hydrogens is 272 g/mol. The SMILES string of the molecule is COC(=O)CC[C@@H](NC(=O)N(C)CC(=O)OC)C(=O)O. The summed E-state index contributed by atoms with van der Waals surface area (Å²) in [4.78, 5) is 45.5. The van der Waals surface area contributed by atoms with Crippen LogP contribution in [0.4, 0.5) is 4.79 Å². The lowest BCUT2D eigenvalue weighted by atomic mass is 10.1. The average molecular weight is 290 g/mol. The molecule has 0 aromatic rings. The third-order valence-corrected chi connectivity index (χ3v) is 2.40. The van der Waals surface area contributed by atoms with E-state index in [1.54, 1.807) is 0 Å². The van der Waals surface area contributed by atoms with Gasteiger partial charge in [0.05, 0.1) is 14.2 Å². The van der Waals surface area contributed by atoms with Gasteiger partial charge in [-0.25, -0.2) is 9.59 Å². The van der Waals surface area contributed by atoms with E-state index < -0.39 is 30.0 Å². The summed E-state index contributed by atoms with van der Waals surface area (Å²) in [6.07, 6.45) is -0.256. The third-order valence-electron chi connectivity index (χ3n) is 2.40. The standard InChI is InChI=1S/C11H18N2O7/c1-13(6-9(15)20-3)11(18)12-7(10(16)17)4-5-8(14)19-2/h7H,4-6H2,1-3H3,(H,12,18)(H,16,17)/t7-/m1/s1. The van der Waals surface area contributed by atoms with E-state index >= 15 is 0 Å². The van der Waals surface area contributed by atoms with E-state index in [1.807, 2.05) is 0 Å². The van der Waals surface area contributed by atoms with Crippen molar-refractivity contribution >= 4 is 23.9 Å². The number of carboxylic acid groups (broad SMARTS) is 1. The fourth-order valence-electron chi connectivity index (χ4n) is 1.21. The van der Waals surface area contributed by atoms with Crippen LogP contribution in [0.3, 0.4) is 0 Å². The molecule has 1 atom stereocenters. The molecule has 2 N–H and O–H groups in total. The number of methoxy groups -OCH3 is 2. The van der Waals surface area contributed by atoms with Gasteiger partial charge in [0.2, 0.25) is 0 Å². The van der Waals surface area contributed by atoms with Crippen molar-refractivity contribution in [3.8, 4) is 0 Å². The summed E-state index contributed by atoms with van der Waals surface area (Å²) in [6, 6.07) is -2.01. The minimum Gasteiger partial charge on any atom is -0.480 e. The Labute approximate surface area is 115 Å². The van der Waals surface area contributed by atoms with Crippen molar-refractivity contribution in [1.82, 2.24) is 10.2 Å². The second-order valence-electron chi connectivity index (χ2n) is 3.89. The number of nitrogens with one attached hydrogen (secondary N) is 1. The van der Waals surface area contributed by atoms with Gasteiger partial charge in [-0.3, -0.25) is 9.59 Å². The highest BCUT2D eigenvalue weighted by atomic mass is 16.5. The van der Waals surface area contributed by atoms with Crippen molar-refractivity contribution < 1.29 is 33.8 Å². The molecule has 0 aliphatic rings. The Kier molecular flexibility index (Phi) is 7.71. The highest BCUT2D eigenvalue weighted by Crippen LogP contribution is 2.01. The number of carbonyl (C=O) groups is 4. The lowest BCUT2D eigenvalue weighted by Gasteiger charge is -2.20. The molecule has 0 aliphatic heterocycles. The molecule has 0 spiro atoms. The van der Waals surface area contributed by atoms with Gasteiger partial charge < -0.3 is 24.8 Å². The number of likely N-dealkylation sites (N-methyl/N-ethyl adjacent to an activating group) is 1. The zero-order chi connectivity index (χ0) is 15.7. The summed E-state index contributed by atoms with van der Waals surface area (Å²) < 4.78 is 8.76. The summed E-state index contributed by atoms with van der Waals surface area (Å²) >= 11 is 0. The van der Waals surface area contributed by atoms with Crippen molar-refractivity contribution in [3.63, 3.8) is 0 Å². The predicted molar refractivity (Wildman–Crippen MR) is 65.9 cm³/mol. The van der Waals surface area contributed by atoms with Crippen LogP contribution in [0.1, 0.15) is 12.8 Å². The number of rotatable bonds is 7. The largest absolute Gasteiger partial charge is 0.480 e. The number of hydrogen-bond acceptors (Lipinski definition) is 6. The lowest BCUT2D eigenvalue weighted by Crippen LogP contribution is -2.48. The first kappa shape index (κ1) is 17.7. The molecule has 0 radical (unpaired) electrons. The summed E-state index contributed by atoms with van der Waals surface area (Å²) in [5.41, 5.74) is 0. The zero-order valence-corrected chi connectivity index (χ0v) is 11.5. The smallest absolute Gasteiger partial charge is 0.326 e. The van der Waals surface area contributed by atoms with Crippen molar-refractivity contribution in [2.24, 2.45) is 0 Å². The molecule has 0 bridgehead atoms.